The largest absolute Gasteiger partial charge is 0.416 e. The van der Waals surface area contributed by atoms with Crippen LogP contribution in [0.5, 0.6) is 0 Å². The van der Waals surface area contributed by atoms with E-state index in [0.717, 1.165) is 10.9 Å². The van der Waals surface area contributed by atoms with Gasteiger partial charge in [-0.2, -0.15) is 18.3 Å². The minimum Gasteiger partial charge on any atom is -0.368 e. The summed E-state index contributed by atoms with van der Waals surface area (Å²) >= 11 is 5.46. The highest BCUT2D eigenvalue weighted by atomic mass is 35.5. The van der Waals surface area contributed by atoms with Gasteiger partial charge in [-0.3, -0.25) is 0 Å². The molecule has 0 radical (unpaired) electrons. The third-order valence-electron chi connectivity index (χ3n) is 2.54. The molecule has 21 heavy (non-hydrogen) atoms. The lowest BCUT2D eigenvalue weighted by atomic mass is 10.1. The van der Waals surface area contributed by atoms with Crippen LogP contribution in [0.4, 0.5) is 23.5 Å². The minimum atomic E-state index is -4.63. The lowest BCUT2D eigenvalue weighted by Crippen LogP contribution is -2.07. The fraction of sp³-hybridized carbons (Fsp3) is 0.167. The lowest BCUT2D eigenvalue weighted by Gasteiger charge is -2.09. The summed E-state index contributed by atoms with van der Waals surface area (Å²) in [6.45, 7) is 1.66. The van der Waals surface area contributed by atoms with Crippen LogP contribution in [0, 0.1) is 12.7 Å². The van der Waals surface area contributed by atoms with Gasteiger partial charge in [0.25, 0.3) is 0 Å². The number of nitrogen functional groups attached to an aromatic ring is 1. The molecule has 1 aromatic carbocycles. The average Bonchev–Trinajstić information content (AvgIpc) is 2.68. The topological polar surface area (TPSA) is 56.2 Å². The van der Waals surface area contributed by atoms with Crippen molar-refractivity contribution in [1.29, 1.82) is 0 Å². The van der Waals surface area contributed by atoms with Crippen molar-refractivity contribution in [2.45, 2.75) is 13.1 Å². The highest BCUT2D eigenvalue weighted by molar-refractivity contribution is 6.31. The molecule has 2 aromatic rings. The molecule has 0 aliphatic heterocycles. The predicted molar refractivity (Wildman–Crippen MR) is 70.8 cm³/mol. The van der Waals surface area contributed by atoms with Crippen molar-refractivity contribution < 1.29 is 17.6 Å². The summed E-state index contributed by atoms with van der Waals surface area (Å²) in [7, 11) is 0. The normalized spacial score (nSPS) is 12.3. The molecule has 1 aromatic heterocycles. The Morgan fingerprint density at radius 3 is 2.57 bits per heavy atom. The monoisotopic (exact) mass is 320 g/mol. The summed E-state index contributed by atoms with van der Waals surface area (Å²) in [6, 6.07) is 1.13. The van der Waals surface area contributed by atoms with Gasteiger partial charge in [0.1, 0.15) is 0 Å². The molecule has 9 heteroatoms. The molecular weight excluding hydrogens is 312 g/mol. The van der Waals surface area contributed by atoms with Crippen molar-refractivity contribution in [2.24, 2.45) is 5.10 Å². The van der Waals surface area contributed by atoms with E-state index in [-0.39, 0.29) is 5.95 Å². The second-order valence-corrected chi connectivity index (χ2v) is 4.60. The second kappa shape index (κ2) is 5.36. The number of nitrogens with zero attached hydrogens (tertiary/aromatic N) is 3. The number of alkyl halides is 3. The Labute approximate surface area is 121 Å². The zero-order valence-electron chi connectivity index (χ0n) is 10.6. The van der Waals surface area contributed by atoms with Gasteiger partial charge in [-0.05, 0) is 19.1 Å². The van der Waals surface area contributed by atoms with Gasteiger partial charge in [0.05, 0.1) is 28.7 Å². The van der Waals surface area contributed by atoms with E-state index in [0.29, 0.717) is 17.8 Å². The number of aromatic nitrogens is 2. The summed E-state index contributed by atoms with van der Waals surface area (Å²) in [6.07, 6.45) is -2.29. The first-order valence-electron chi connectivity index (χ1n) is 5.60. The van der Waals surface area contributed by atoms with Crippen LogP contribution in [0.1, 0.15) is 16.8 Å². The van der Waals surface area contributed by atoms with Crippen LogP contribution in [0.3, 0.4) is 0 Å². The van der Waals surface area contributed by atoms with Crippen LogP contribution in [0.25, 0.3) is 0 Å². The van der Waals surface area contributed by atoms with Gasteiger partial charge in [0.15, 0.2) is 5.82 Å². The maximum atomic E-state index is 13.7. The van der Waals surface area contributed by atoms with Crippen molar-refractivity contribution in [2.75, 3.05) is 5.73 Å². The van der Waals surface area contributed by atoms with Crippen molar-refractivity contribution in [1.82, 2.24) is 9.66 Å². The van der Waals surface area contributed by atoms with Crippen LogP contribution < -0.4 is 5.73 Å². The van der Waals surface area contributed by atoms with Crippen LogP contribution in [-0.2, 0) is 6.18 Å². The molecule has 0 fully saturated rings. The summed E-state index contributed by atoms with van der Waals surface area (Å²) < 4.78 is 52.8. The van der Waals surface area contributed by atoms with Crippen molar-refractivity contribution in [3.8, 4) is 0 Å². The lowest BCUT2D eigenvalue weighted by molar-refractivity contribution is -0.137. The van der Waals surface area contributed by atoms with E-state index in [2.05, 4.69) is 10.1 Å². The number of hydrogen-bond donors (Lipinski definition) is 1. The SMILES string of the molecule is Cc1cn(N=Cc2cc(C(F)(F)F)cc(Cl)c2F)c(N)n1. The second-order valence-electron chi connectivity index (χ2n) is 4.19. The Morgan fingerprint density at radius 1 is 1.38 bits per heavy atom. The van der Waals surface area contributed by atoms with E-state index in [1.54, 1.807) is 6.92 Å². The Kier molecular flexibility index (Phi) is 3.91. The predicted octanol–water partition coefficient (Wildman–Crippen LogP) is 3.47. The summed E-state index contributed by atoms with van der Waals surface area (Å²) in [5, 5.41) is 3.12. The number of nitrogens with two attached hydrogens (primary N) is 1. The molecule has 0 atom stereocenters. The smallest absolute Gasteiger partial charge is 0.368 e. The third-order valence-corrected chi connectivity index (χ3v) is 2.81. The molecule has 0 spiro atoms. The van der Waals surface area contributed by atoms with Gasteiger partial charge in [-0.15, -0.1) is 0 Å². The first-order valence-corrected chi connectivity index (χ1v) is 5.98. The molecule has 0 aliphatic carbocycles. The molecule has 2 rings (SSSR count). The van der Waals surface area contributed by atoms with Crippen LogP contribution in [-0.4, -0.2) is 15.9 Å². The fourth-order valence-electron chi connectivity index (χ4n) is 1.59. The summed E-state index contributed by atoms with van der Waals surface area (Å²) in [5.41, 5.74) is 4.61. The quantitative estimate of drug-likeness (QED) is 0.680. The zero-order valence-corrected chi connectivity index (χ0v) is 11.4. The zero-order chi connectivity index (χ0) is 15.8. The highest BCUT2D eigenvalue weighted by Gasteiger charge is 2.32. The van der Waals surface area contributed by atoms with Crippen molar-refractivity contribution >= 4 is 23.8 Å². The highest BCUT2D eigenvalue weighted by Crippen LogP contribution is 2.33. The number of imidazole rings is 1. The summed E-state index contributed by atoms with van der Waals surface area (Å²) in [5.74, 6) is -0.967. The van der Waals surface area contributed by atoms with E-state index in [9.17, 15) is 17.6 Å². The molecule has 1 heterocycles. The number of anilines is 1. The maximum Gasteiger partial charge on any atom is 0.416 e. The third kappa shape index (κ3) is 3.33. The van der Waals surface area contributed by atoms with Crippen LogP contribution >= 0.6 is 11.6 Å². The van der Waals surface area contributed by atoms with E-state index >= 15 is 0 Å². The minimum absolute atomic E-state index is 0.0298. The Balaban J connectivity index is 2.44. The van der Waals surface area contributed by atoms with E-state index in [1.807, 2.05) is 0 Å². The summed E-state index contributed by atoms with van der Waals surface area (Å²) in [4.78, 5) is 3.85. The number of aryl methyl sites for hydroxylation is 1. The van der Waals surface area contributed by atoms with Crippen molar-refractivity contribution in [3.05, 3.63) is 46.0 Å². The first-order chi connectivity index (χ1) is 9.68. The van der Waals surface area contributed by atoms with Crippen molar-refractivity contribution in [3.63, 3.8) is 0 Å². The molecule has 0 saturated heterocycles. The molecule has 112 valence electrons. The molecule has 0 aliphatic rings. The van der Waals surface area contributed by atoms with Crippen LogP contribution in [0.15, 0.2) is 23.4 Å². The molecule has 2 N–H and O–H groups in total. The standard InChI is InChI=1S/C12H9ClF4N4/c1-6-5-21(11(18)20-6)19-4-7-2-8(12(15,16)17)3-9(13)10(7)14/h2-5H,1H3,(H2,18,20). The first kappa shape index (κ1) is 15.3. The van der Waals surface area contributed by atoms with E-state index in [1.165, 1.54) is 6.20 Å². The Morgan fingerprint density at radius 2 is 2.05 bits per heavy atom. The van der Waals surface area contributed by atoms with E-state index < -0.39 is 28.1 Å². The molecule has 4 nitrogen and oxygen atoms in total. The molecule has 0 amide bonds. The van der Waals surface area contributed by atoms with E-state index in [4.69, 9.17) is 17.3 Å². The van der Waals surface area contributed by atoms with Crippen LogP contribution in [0.2, 0.25) is 5.02 Å². The average molecular weight is 321 g/mol. The maximum absolute atomic E-state index is 13.7. The molecule has 0 bridgehead atoms. The number of halogens is 5. The number of benzene rings is 1. The van der Waals surface area contributed by atoms with Gasteiger partial charge in [-0.25, -0.2) is 14.1 Å². The molecular formula is C12H9ClF4N4. The van der Waals surface area contributed by atoms with Gasteiger partial charge in [0, 0.05) is 5.56 Å². The van der Waals surface area contributed by atoms with Gasteiger partial charge in [-0.1, -0.05) is 11.6 Å². The van der Waals surface area contributed by atoms with Gasteiger partial charge >= 0.3 is 6.18 Å². The number of hydrogen-bond acceptors (Lipinski definition) is 3. The Bertz CT molecular complexity index is 706. The molecule has 0 saturated carbocycles. The molecule has 0 unspecified atom stereocenters. The number of rotatable bonds is 2. The Hall–Kier alpha value is -2.09. The fourth-order valence-corrected chi connectivity index (χ4v) is 1.82. The van der Waals surface area contributed by atoms with Gasteiger partial charge in [0.2, 0.25) is 5.95 Å². The van der Waals surface area contributed by atoms with Gasteiger partial charge < -0.3 is 5.73 Å².